The summed E-state index contributed by atoms with van der Waals surface area (Å²) in [6.07, 6.45) is 0.463. The van der Waals surface area contributed by atoms with E-state index in [1.807, 2.05) is 0 Å². The van der Waals surface area contributed by atoms with Gasteiger partial charge in [-0.3, -0.25) is 14.5 Å². The van der Waals surface area contributed by atoms with E-state index in [1.165, 1.54) is 25.3 Å². The number of benzene rings is 2. The first-order valence-electron chi connectivity index (χ1n) is 10.9. The number of amides is 4. The fourth-order valence-electron chi connectivity index (χ4n) is 3.97. The number of ether oxygens (including phenoxy) is 1. The van der Waals surface area contributed by atoms with Crippen molar-refractivity contribution in [1.82, 2.24) is 15.5 Å². The lowest BCUT2D eigenvalue weighted by Gasteiger charge is -2.26. The predicted octanol–water partition coefficient (Wildman–Crippen LogP) is 2.73. The van der Waals surface area contributed by atoms with E-state index in [1.54, 1.807) is 25.1 Å². The number of nitrogens with one attached hydrogen (secondary N) is 2. The molecule has 4 amide bonds. The number of hydrogen-bond acceptors (Lipinski definition) is 6. The van der Waals surface area contributed by atoms with E-state index in [0.717, 1.165) is 4.90 Å². The molecule has 11 heteroatoms. The average molecular weight is 504 g/mol. The number of carboxylic acids is 1. The maximum Gasteiger partial charge on any atom is 0.339 e. The minimum atomic E-state index is -1.32. The molecule has 0 saturated carbocycles. The summed E-state index contributed by atoms with van der Waals surface area (Å²) in [5, 5.41) is 25.4. The van der Waals surface area contributed by atoms with E-state index in [2.05, 4.69) is 10.6 Å². The summed E-state index contributed by atoms with van der Waals surface area (Å²) in [6.45, 7) is 1.27. The molecule has 1 aliphatic rings. The number of hydrogen-bond donors (Lipinski definition) is 4. The number of carbonyl (C=O) groups excluding carboxylic acids is 3. The van der Waals surface area contributed by atoms with Gasteiger partial charge in [0.25, 0.3) is 0 Å². The monoisotopic (exact) mass is 503 g/mol. The Bertz CT molecular complexity index is 1150. The van der Waals surface area contributed by atoms with Gasteiger partial charge in [-0.05, 0) is 42.7 Å². The molecule has 1 aliphatic heterocycles. The Labute approximate surface area is 206 Å². The lowest BCUT2D eigenvalue weighted by atomic mass is 9.97. The minimum absolute atomic E-state index is 0.0236. The normalized spacial score (nSPS) is 16.8. The smallest absolute Gasteiger partial charge is 0.339 e. The largest absolute Gasteiger partial charge is 0.507 e. The van der Waals surface area contributed by atoms with Crippen LogP contribution in [-0.2, 0) is 16.0 Å². The third-order valence-electron chi connectivity index (χ3n) is 5.80. The highest BCUT2D eigenvalue weighted by molar-refractivity contribution is 6.30. The van der Waals surface area contributed by atoms with Gasteiger partial charge >= 0.3 is 12.0 Å². The summed E-state index contributed by atoms with van der Waals surface area (Å²) in [4.78, 5) is 50.9. The number of rotatable bonds is 7. The van der Waals surface area contributed by atoms with Crippen LogP contribution in [-0.4, -0.2) is 59.1 Å². The van der Waals surface area contributed by atoms with Gasteiger partial charge in [0.05, 0.1) is 19.1 Å². The van der Waals surface area contributed by atoms with Crippen molar-refractivity contribution in [2.45, 2.75) is 25.8 Å². The quantitative estimate of drug-likeness (QED) is 0.454. The van der Waals surface area contributed by atoms with Crippen LogP contribution in [0.25, 0.3) is 0 Å². The highest BCUT2D eigenvalue weighted by Crippen LogP contribution is 2.30. The number of phenols is 1. The molecule has 0 bridgehead atoms. The molecular formula is C24H26ClN3O7. The van der Waals surface area contributed by atoms with Gasteiger partial charge in [0.1, 0.15) is 23.6 Å². The molecule has 186 valence electrons. The number of carboxylic acid groups (broad SMARTS) is 1. The van der Waals surface area contributed by atoms with Crippen molar-refractivity contribution in [2.24, 2.45) is 5.92 Å². The maximum absolute atomic E-state index is 13.3. The molecular weight excluding hydrogens is 478 g/mol. The fourth-order valence-corrected chi connectivity index (χ4v) is 4.16. The van der Waals surface area contributed by atoms with Crippen LogP contribution in [0.3, 0.4) is 0 Å². The van der Waals surface area contributed by atoms with Gasteiger partial charge in [-0.15, -0.1) is 0 Å². The van der Waals surface area contributed by atoms with E-state index in [4.69, 9.17) is 16.3 Å². The molecule has 3 rings (SSSR count). The Morgan fingerprint density at radius 3 is 2.69 bits per heavy atom. The number of nitrogens with zero attached hydrogens (tertiary/aromatic N) is 1. The van der Waals surface area contributed by atoms with Crippen molar-refractivity contribution in [3.63, 3.8) is 0 Å². The second-order valence-electron chi connectivity index (χ2n) is 8.04. The predicted molar refractivity (Wildman–Crippen MR) is 127 cm³/mol. The third-order valence-corrected chi connectivity index (χ3v) is 6.03. The Morgan fingerprint density at radius 2 is 2.03 bits per heavy atom. The third kappa shape index (κ3) is 5.83. The van der Waals surface area contributed by atoms with Gasteiger partial charge in [0.15, 0.2) is 0 Å². The van der Waals surface area contributed by atoms with Gasteiger partial charge in [0.2, 0.25) is 11.8 Å². The average Bonchev–Trinajstić information content (AvgIpc) is 2.96. The Balaban J connectivity index is 1.84. The molecule has 1 saturated heterocycles. The van der Waals surface area contributed by atoms with Gasteiger partial charge in [0, 0.05) is 17.1 Å². The van der Waals surface area contributed by atoms with Crippen LogP contribution < -0.4 is 15.4 Å². The lowest BCUT2D eigenvalue weighted by Crippen LogP contribution is -2.48. The molecule has 4 N–H and O–H groups in total. The van der Waals surface area contributed by atoms with Crippen molar-refractivity contribution < 1.29 is 34.1 Å². The van der Waals surface area contributed by atoms with Gasteiger partial charge in [-0.25, -0.2) is 9.59 Å². The van der Waals surface area contributed by atoms with Crippen LogP contribution in [0.5, 0.6) is 11.5 Å². The van der Waals surface area contributed by atoms with Crippen LogP contribution in [0, 0.1) is 5.92 Å². The second-order valence-corrected chi connectivity index (χ2v) is 8.48. The van der Waals surface area contributed by atoms with Crippen LogP contribution >= 0.6 is 11.6 Å². The number of methoxy groups -OCH3 is 1. The topological polar surface area (TPSA) is 145 Å². The fraction of sp³-hybridized carbons (Fsp3) is 0.333. The zero-order valence-electron chi connectivity index (χ0n) is 19.2. The minimum Gasteiger partial charge on any atom is -0.507 e. The zero-order valence-corrected chi connectivity index (χ0v) is 20.0. The number of urea groups is 1. The molecule has 0 radical (unpaired) electrons. The molecule has 0 aliphatic carbocycles. The molecule has 0 aromatic heterocycles. The number of imide groups is 1. The molecule has 1 fully saturated rings. The van der Waals surface area contributed by atoms with Gasteiger partial charge < -0.3 is 25.6 Å². The highest BCUT2D eigenvalue weighted by atomic mass is 35.5. The summed E-state index contributed by atoms with van der Waals surface area (Å²) in [5.74, 6) is -3.10. The first-order valence-corrected chi connectivity index (χ1v) is 11.3. The van der Waals surface area contributed by atoms with Gasteiger partial charge in [-0.1, -0.05) is 30.7 Å². The molecule has 2 atom stereocenters. The molecule has 2 unspecified atom stereocenters. The van der Waals surface area contributed by atoms with Gasteiger partial charge in [-0.2, -0.15) is 0 Å². The molecule has 2 aromatic carbocycles. The standard InChI is InChI=1S/C24H26ClN3O7/c1-3-18(16-5-4-6-17(21(16)30)23(32)33)27-24(34)28-12-20(29)26-11-14(22(28)31)9-13-10-15(25)7-8-19(13)35-2/h4-8,10,14,18,30H,3,9,11-12H2,1-2H3,(H,26,29)(H,27,34)(H,32,33). The summed E-state index contributed by atoms with van der Waals surface area (Å²) in [5.41, 5.74) is 0.528. The van der Waals surface area contributed by atoms with Crippen molar-refractivity contribution in [3.8, 4) is 11.5 Å². The van der Waals surface area contributed by atoms with E-state index in [9.17, 15) is 29.4 Å². The first kappa shape index (κ1) is 25.8. The van der Waals surface area contributed by atoms with Crippen molar-refractivity contribution in [1.29, 1.82) is 0 Å². The van der Waals surface area contributed by atoms with E-state index >= 15 is 0 Å². The number of halogens is 1. The van der Waals surface area contributed by atoms with Crippen LogP contribution in [0.15, 0.2) is 36.4 Å². The SMILES string of the molecule is CCC(NC(=O)N1CC(=O)NCC(Cc2cc(Cl)ccc2OC)C1=O)c1cccc(C(=O)O)c1O. The molecule has 0 spiro atoms. The molecule has 2 aromatic rings. The molecule has 35 heavy (non-hydrogen) atoms. The van der Waals surface area contributed by atoms with Crippen molar-refractivity contribution in [2.75, 3.05) is 20.2 Å². The summed E-state index contributed by atoms with van der Waals surface area (Å²) in [6, 6.07) is 7.54. The Morgan fingerprint density at radius 1 is 1.29 bits per heavy atom. The Hall–Kier alpha value is -3.79. The van der Waals surface area contributed by atoms with E-state index in [-0.39, 0.29) is 24.1 Å². The van der Waals surface area contributed by atoms with Crippen molar-refractivity contribution in [3.05, 3.63) is 58.1 Å². The van der Waals surface area contributed by atoms with E-state index in [0.29, 0.717) is 22.8 Å². The number of aromatic hydroxyl groups is 1. The van der Waals surface area contributed by atoms with Crippen LogP contribution in [0.1, 0.15) is 40.9 Å². The zero-order chi connectivity index (χ0) is 25.7. The van der Waals surface area contributed by atoms with Crippen molar-refractivity contribution >= 4 is 35.4 Å². The maximum atomic E-state index is 13.3. The summed E-state index contributed by atoms with van der Waals surface area (Å²) in [7, 11) is 1.49. The lowest BCUT2D eigenvalue weighted by molar-refractivity contribution is -0.133. The number of para-hydroxylation sites is 1. The van der Waals surface area contributed by atoms with Crippen LogP contribution in [0.4, 0.5) is 4.79 Å². The molecule has 1 heterocycles. The molecule has 10 nitrogen and oxygen atoms in total. The number of carbonyl (C=O) groups is 4. The second kappa shape index (κ2) is 11.1. The van der Waals surface area contributed by atoms with Crippen LogP contribution in [0.2, 0.25) is 5.02 Å². The Kier molecular flexibility index (Phi) is 8.18. The van der Waals surface area contributed by atoms with E-state index < -0.39 is 48.1 Å². The summed E-state index contributed by atoms with van der Waals surface area (Å²) >= 11 is 6.10. The highest BCUT2D eigenvalue weighted by Gasteiger charge is 2.35. The number of aromatic carboxylic acids is 1. The summed E-state index contributed by atoms with van der Waals surface area (Å²) < 4.78 is 5.34. The first-order chi connectivity index (χ1) is 16.7.